The van der Waals surface area contributed by atoms with E-state index in [1.807, 2.05) is 6.92 Å². The first-order valence-corrected chi connectivity index (χ1v) is 7.47. The Bertz CT molecular complexity index is 522. The first kappa shape index (κ1) is 12.3. The molecule has 2 aliphatic rings. The molecule has 0 radical (unpaired) electrons. The van der Waals surface area contributed by atoms with Crippen LogP contribution in [0.2, 0.25) is 0 Å². The van der Waals surface area contributed by atoms with Crippen LogP contribution < -0.4 is 5.32 Å². The lowest BCUT2D eigenvalue weighted by molar-refractivity contribution is -0.121. The zero-order valence-electron chi connectivity index (χ0n) is 10.2. The molecule has 0 aromatic carbocycles. The fourth-order valence-electron chi connectivity index (χ4n) is 2.80. The summed E-state index contributed by atoms with van der Waals surface area (Å²) in [5.74, 6) is 0.0736. The van der Waals surface area contributed by atoms with E-state index < -0.39 is 0 Å². The number of aryl methyl sites for hydroxylation is 1. The molecule has 1 aromatic rings. The van der Waals surface area contributed by atoms with E-state index in [2.05, 4.69) is 10.3 Å². The van der Waals surface area contributed by atoms with Gasteiger partial charge in [0.05, 0.1) is 24.7 Å². The van der Waals surface area contributed by atoms with E-state index in [9.17, 15) is 4.79 Å². The van der Waals surface area contributed by atoms with Crippen molar-refractivity contribution in [2.75, 3.05) is 0 Å². The highest BCUT2D eigenvalue weighted by atomic mass is 32.1. The number of carbonyl (C=O) groups excluding carboxylic acids is 1. The number of aromatic nitrogens is 1. The molecule has 2 fully saturated rings. The maximum absolute atomic E-state index is 12.0. The third kappa shape index (κ3) is 2.37. The number of fused-ring (bicyclic) bond motifs is 2. The van der Waals surface area contributed by atoms with Gasteiger partial charge >= 0.3 is 0 Å². The van der Waals surface area contributed by atoms with Gasteiger partial charge in [0.1, 0.15) is 0 Å². The normalized spacial score (nSPS) is 29.7. The number of ether oxygens (including phenoxy) is 1. The Hall–Kier alpha value is -0.720. The van der Waals surface area contributed by atoms with Crippen molar-refractivity contribution in [2.24, 2.45) is 0 Å². The molecule has 2 bridgehead atoms. The third-order valence-corrected chi connectivity index (χ3v) is 5.03. The fourth-order valence-corrected chi connectivity index (χ4v) is 4.09. The van der Waals surface area contributed by atoms with E-state index in [4.69, 9.17) is 17.0 Å². The van der Waals surface area contributed by atoms with Gasteiger partial charge in [0.15, 0.2) is 3.95 Å². The number of amides is 1. The van der Waals surface area contributed by atoms with Crippen molar-refractivity contribution < 1.29 is 9.53 Å². The summed E-state index contributed by atoms with van der Waals surface area (Å²) in [6, 6.07) is 0.212. The maximum atomic E-state index is 12.0. The number of nitrogens with one attached hydrogen (secondary N) is 2. The molecule has 0 saturated carbocycles. The van der Waals surface area contributed by atoms with Gasteiger partial charge < -0.3 is 15.0 Å². The molecule has 1 aromatic heterocycles. The Morgan fingerprint density at radius 3 is 3.00 bits per heavy atom. The van der Waals surface area contributed by atoms with Crippen LogP contribution in [0.25, 0.3) is 0 Å². The maximum Gasteiger partial charge on any atom is 0.225 e. The molecule has 98 valence electrons. The van der Waals surface area contributed by atoms with Gasteiger partial charge in [0.25, 0.3) is 0 Å². The summed E-state index contributed by atoms with van der Waals surface area (Å²) < 4.78 is 6.46. The quantitative estimate of drug-likeness (QED) is 0.836. The van der Waals surface area contributed by atoms with E-state index in [1.165, 1.54) is 11.3 Å². The second-order valence-corrected chi connectivity index (χ2v) is 6.79. The van der Waals surface area contributed by atoms with Crippen molar-refractivity contribution in [3.63, 3.8) is 0 Å². The minimum atomic E-state index is 0.0736. The van der Waals surface area contributed by atoms with Crippen LogP contribution in [0.3, 0.4) is 0 Å². The molecular weight excluding hydrogens is 268 g/mol. The number of aromatic amines is 1. The second-order valence-electron chi connectivity index (χ2n) is 5.02. The van der Waals surface area contributed by atoms with Crippen LogP contribution >= 0.6 is 23.6 Å². The van der Waals surface area contributed by atoms with Gasteiger partial charge in [-0.25, -0.2) is 0 Å². The lowest BCUT2D eigenvalue weighted by Crippen LogP contribution is -2.42. The van der Waals surface area contributed by atoms with Crippen molar-refractivity contribution in [3.05, 3.63) is 14.5 Å². The third-order valence-electron chi connectivity index (χ3n) is 3.70. The molecule has 6 heteroatoms. The minimum Gasteiger partial charge on any atom is -0.373 e. The van der Waals surface area contributed by atoms with Crippen molar-refractivity contribution in [2.45, 2.75) is 50.9 Å². The van der Waals surface area contributed by atoms with Crippen LogP contribution in [-0.2, 0) is 16.0 Å². The Balaban J connectivity index is 1.59. The molecule has 3 heterocycles. The van der Waals surface area contributed by atoms with Gasteiger partial charge in [0, 0.05) is 10.6 Å². The summed E-state index contributed by atoms with van der Waals surface area (Å²) in [5, 5.41) is 3.09. The number of thiazole rings is 1. The molecule has 2 saturated heterocycles. The summed E-state index contributed by atoms with van der Waals surface area (Å²) in [4.78, 5) is 16.1. The van der Waals surface area contributed by atoms with E-state index in [1.54, 1.807) is 0 Å². The lowest BCUT2D eigenvalue weighted by Gasteiger charge is -2.19. The highest BCUT2D eigenvalue weighted by Crippen LogP contribution is 2.34. The first-order chi connectivity index (χ1) is 8.61. The predicted octanol–water partition coefficient (Wildman–Crippen LogP) is 2.09. The number of hydrogen-bond acceptors (Lipinski definition) is 4. The molecule has 18 heavy (non-hydrogen) atoms. The molecule has 0 aliphatic carbocycles. The van der Waals surface area contributed by atoms with Crippen LogP contribution in [0.4, 0.5) is 0 Å². The zero-order chi connectivity index (χ0) is 12.7. The van der Waals surface area contributed by atoms with Crippen molar-refractivity contribution in [1.29, 1.82) is 0 Å². The van der Waals surface area contributed by atoms with Gasteiger partial charge in [-0.1, -0.05) is 0 Å². The van der Waals surface area contributed by atoms with Gasteiger partial charge in [-0.05, 0) is 38.4 Å². The number of H-pyrrole nitrogens is 1. The standard InChI is InChI=1S/C12H16N2O2S2/c1-6-10(18-12(17)13-6)5-11(15)14-8-4-7-2-3-9(8)16-7/h7-9H,2-5H2,1H3,(H,13,17)(H,14,15). The Morgan fingerprint density at radius 1 is 1.61 bits per heavy atom. The molecule has 1 amide bonds. The second kappa shape index (κ2) is 4.75. The average Bonchev–Trinajstić information content (AvgIpc) is 2.95. The van der Waals surface area contributed by atoms with E-state index in [0.29, 0.717) is 12.5 Å². The fraction of sp³-hybridized carbons (Fsp3) is 0.667. The molecule has 2 N–H and O–H groups in total. The Morgan fingerprint density at radius 2 is 2.44 bits per heavy atom. The summed E-state index contributed by atoms with van der Waals surface area (Å²) >= 11 is 6.55. The van der Waals surface area contributed by atoms with Crippen molar-refractivity contribution in [3.8, 4) is 0 Å². The lowest BCUT2D eigenvalue weighted by atomic mass is 9.95. The van der Waals surface area contributed by atoms with Crippen LogP contribution in [0.5, 0.6) is 0 Å². The molecule has 3 atom stereocenters. The predicted molar refractivity (Wildman–Crippen MR) is 72.4 cm³/mol. The zero-order valence-corrected chi connectivity index (χ0v) is 11.8. The topological polar surface area (TPSA) is 54.1 Å². The van der Waals surface area contributed by atoms with Crippen LogP contribution in [-0.4, -0.2) is 29.1 Å². The molecule has 4 nitrogen and oxygen atoms in total. The molecule has 0 spiro atoms. The summed E-state index contributed by atoms with van der Waals surface area (Å²) in [6.45, 7) is 1.95. The van der Waals surface area contributed by atoms with Gasteiger partial charge in [-0.2, -0.15) is 0 Å². The highest BCUT2D eigenvalue weighted by Gasteiger charge is 2.41. The van der Waals surface area contributed by atoms with Crippen LogP contribution in [0.1, 0.15) is 29.8 Å². The van der Waals surface area contributed by atoms with Gasteiger partial charge in [-0.15, -0.1) is 11.3 Å². The first-order valence-electron chi connectivity index (χ1n) is 6.25. The summed E-state index contributed by atoms with van der Waals surface area (Å²) in [7, 11) is 0. The summed E-state index contributed by atoms with van der Waals surface area (Å²) in [6.07, 6.45) is 4.23. The minimum absolute atomic E-state index is 0.0736. The van der Waals surface area contributed by atoms with E-state index in [-0.39, 0.29) is 18.1 Å². The largest absolute Gasteiger partial charge is 0.373 e. The van der Waals surface area contributed by atoms with Crippen LogP contribution in [0.15, 0.2) is 0 Å². The summed E-state index contributed by atoms with van der Waals surface area (Å²) in [5.41, 5.74) is 1.00. The number of rotatable bonds is 3. The smallest absolute Gasteiger partial charge is 0.225 e. The van der Waals surface area contributed by atoms with Crippen molar-refractivity contribution in [1.82, 2.24) is 10.3 Å². The average molecular weight is 284 g/mol. The van der Waals surface area contributed by atoms with E-state index in [0.717, 1.165) is 33.8 Å². The molecule has 3 rings (SSSR count). The van der Waals surface area contributed by atoms with Crippen molar-refractivity contribution >= 4 is 29.5 Å². The molecular formula is C12H16N2O2S2. The number of hydrogen-bond donors (Lipinski definition) is 2. The molecule has 3 unspecified atom stereocenters. The number of carbonyl (C=O) groups is 1. The van der Waals surface area contributed by atoms with Crippen LogP contribution in [0, 0.1) is 10.9 Å². The monoisotopic (exact) mass is 284 g/mol. The Labute approximate surface area is 115 Å². The SMILES string of the molecule is Cc1[nH]c(=S)sc1CC(=O)NC1CC2CCC1O2. The van der Waals surface area contributed by atoms with Gasteiger partial charge in [-0.3, -0.25) is 4.79 Å². The van der Waals surface area contributed by atoms with E-state index >= 15 is 0 Å². The highest BCUT2D eigenvalue weighted by molar-refractivity contribution is 7.73. The molecule has 2 aliphatic heterocycles. The van der Waals surface area contributed by atoms with Gasteiger partial charge in [0.2, 0.25) is 5.91 Å². The Kier molecular flexibility index (Phi) is 3.25.